The second kappa shape index (κ2) is 5.99. The van der Waals surface area contributed by atoms with Gasteiger partial charge in [-0.1, -0.05) is 0 Å². The Labute approximate surface area is 130 Å². The fraction of sp³-hybridized carbons (Fsp3) is 0.500. The molecule has 1 aliphatic rings. The van der Waals surface area contributed by atoms with Crippen LogP contribution in [0.15, 0.2) is 12.1 Å². The Bertz CT molecular complexity index is 619. The average molecular weight is 309 g/mol. The third kappa shape index (κ3) is 2.87. The normalized spacial score (nSPS) is 14.9. The van der Waals surface area contributed by atoms with Crippen LogP contribution in [0.2, 0.25) is 0 Å². The molecule has 0 amide bonds. The van der Waals surface area contributed by atoms with E-state index in [9.17, 15) is 0 Å². The number of aromatic nitrogens is 4. The van der Waals surface area contributed by atoms with Crippen molar-refractivity contribution in [3.05, 3.63) is 29.1 Å². The topological polar surface area (TPSA) is 72.9 Å². The van der Waals surface area contributed by atoms with Crippen LogP contribution in [0.1, 0.15) is 30.8 Å². The molecule has 6 nitrogen and oxygen atoms in total. The highest BCUT2D eigenvalue weighted by Gasteiger charge is 2.25. The molecular formula is C14H21ClN6. The predicted molar refractivity (Wildman–Crippen MR) is 84.8 cm³/mol. The zero-order chi connectivity index (χ0) is 14.3. The highest BCUT2D eigenvalue weighted by molar-refractivity contribution is 5.85. The van der Waals surface area contributed by atoms with E-state index >= 15 is 0 Å². The number of halogens is 1. The van der Waals surface area contributed by atoms with Gasteiger partial charge in [-0.3, -0.25) is 4.90 Å². The average Bonchev–Trinajstić information content (AvgIpc) is 2.76. The molecule has 2 N–H and O–H groups in total. The Morgan fingerprint density at radius 2 is 2.00 bits per heavy atom. The molecule has 2 aromatic rings. The lowest BCUT2D eigenvalue weighted by atomic mass is 10.1. The summed E-state index contributed by atoms with van der Waals surface area (Å²) in [6.07, 6.45) is 0.935. The maximum atomic E-state index is 6.26. The van der Waals surface area contributed by atoms with E-state index < -0.39 is 0 Å². The molecule has 114 valence electrons. The van der Waals surface area contributed by atoms with Crippen molar-refractivity contribution in [3.63, 3.8) is 0 Å². The summed E-state index contributed by atoms with van der Waals surface area (Å²) < 4.78 is 1.71. The first-order chi connectivity index (χ1) is 9.56. The van der Waals surface area contributed by atoms with Crippen molar-refractivity contribution in [1.82, 2.24) is 24.9 Å². The van der Waals surface area contributed by atoms with Crippen molar-refractivity contribution >= 4 is 18.2 Å². The number of hydrogen-bond donors (Lipinski definition) is 1. The zero-order valence-corrected chi connectivity index (χ0v) is 13.4. The molecule has 0 saturated carbocycles. The van der Waals surface area contributed by atoms with E-state index in [4.69, 9.17) is 5.73 Å². The standard InChI is InChI=1S/C14H20N6.ClH/c1-9(2)19-7-6-12-11(8-19)14(15)20(18-12)13-5-4-10(3)16-17-13;/h4-5,9H,6-8,15H2,1-3H3;1H. The number of anilines is 1. The minimum Gasteiger partial charge on any atom is -0.383 e. The van der Waals surface area contributed by atoms with Gasteiger partial charge in [0.25, 0.3) is 0 Å². The summed E-state index contributed by atoms with van der Waals surface area (Å²) in [5, 5.41) is 12.8. The van der Waals surface area contributed by atoms with Gasteiger partial charge in [-0.25, -0.2) is 0 Å². The molecule has 3 heterocycles. The van der Waals surface area contributed by atoms with Crippen LogP contribution in [0.3, 0.4) is 0 Å². The van der Waals surface area contributed by atoms with Crippen molar-refractivity contribution in [2.75, 3.05) is 12.3 Å². The van der Waals surface area contributed by atoms with Gasteiger partial charge in [-0.2, -0.15) is 14.9 Å². The van der Waals surface area contributed by atoms with Gasteiger partial charge in [0.2, 0.25) is 0 Å². The third-order valence-electron chi connectivity index (χ3n) is 3.83. The SMILES string of the molecule is Cc1ccc(-n2nc3c(c2N)CN(C(C)C)CC3)nn1.Cl. The fourth-order valence-corrected chi connectivity index (χ4v) is 2.54. The van der Waals surface area contributed by atoms with Crippen molar-refractivity contribution in [2.24, 2.45) is 0 Å². The van der Waals surface area contributed by atoms with E-state index in [1.54, 1.807) is 4.68 Å². The number of fused-ring (bicyclic) bond motifs is 1. The molecule has 0 radical (unpaired) electrons. The van der Waals surface area contributed by atoms with E-state index in [0.29, 0.717) is 17.7 Å². The summed E-state index contributed by atoms with van der Waals surface area (Å²) in [5.74, 6) is 1.36. The Kier molecular flexibility index (Phi) is 4.49. The van der Waals surface area contributed by atoms with Crippen LogP contribution in [-0.2, 0) is 13.0 Å². The van der Waals surface area contributed by atoms with Crippen molar-refractivity contribution in [2.45, 2.75) is 39.8 Å². The number of nitrogens with two attached hydrogens (primary N) is 1. The third-order valence-corrected chi connectivity index (χ3v) is 3.83. The second-order valence-electron chi connectivity index (χ2n) is 5.57. The molecule has 3 rings (SSSR count). The molecule has 1 aliphatic heterocycles. The molecular weight excluding hydrogens is 288 g/mol. The van der Waals surface area contributed by atoms with Crippen LogP contribution >= 0.6 is 12.4 Å². The lowest BCUT2D eigenvalue weighted by Crippen LogP contribution is -2.35. The Balaban J connectivity index is 0.00000161. The molecule has 0 fully saturated rings. The maximum absolute atomic E-state index is 6.26. The van der Waals surface area contributed by atoms with Crippen molar-refractivity contribution in [1.29, 1.82) is 0 Å². The van der Waals surface area contributed by atoms with Crippen LogP contribution in [-0.4, -0.2) is 37.5 Å². The first kappa shape index (κ1) is 15.7. The molecule has 0 spiro atoms. The smallest absolute Gasteiger partial charge is 0.178 e. The molecule has 21 heavy (non-hydrogen) atoms. The van der Waals surface area contributed by atoms with E-state index in [2.05, 4.69) is 34.0 Å². The van der Waals surface area contributed by atoms with Crippen LogP contribution in [0.5, 0.6) is 0 Å². The zero-order valence-electron chi connectivity index (χ0n) is 12.6. The Morgan fingerprint density at radius 3 is 2.62 bits per heavy atom. The first-order valence-corrected chi connectivity index (χ1v) is 6.97. The first-order valence-electron chi connectivity index (χ1n) is 6.97. The molecule has 0 atom stereocenters. The lowest BCUT2D eigenvalue weighted by Gasteiger charge is -2.29. The summed E-state index contributed by atoms with van der Waals surface area (Å²) in [5.41, 5.74) is 9.36. The number of aryl methyl sites for hydroxylation is 1. The fourth-order valence-electron chi connectivity index (χ4n) is 2.54. The maximum Gasteiger partial charge on any atom is 0.178 e. The Hall–Kier alpha value is -1.66. The molecule has 7 heteroatoms. The van der Waals surface area contributed by atoms with E-state index in [1.165, 1.54) is 0 Å². The minimum absolute atomic E-state index is 0. The van der Waals surface area contributed by atoms with E-state index in [1.807, 2.05) is 19.1 Å². The molecule has 0 saturated heterocycles. The summed E-state index contributed by atoms with van der Waals surface area (Å²) in [4.78, 5) is 2.41. The van der Waals surface area contributed by atoms with Crippen LogP contribution in [0.4, 0.5) is 5.82 Å². The second-order valence-corrected chi connectivity index (χ2v) is 5.57. The summed E-state index contributed by atoms with van der Waals surface area (Å²) >= 11 is 0. The summed E-state index contributed by atoms with van der Waals surface area (Å²) in [6, 6.07) is 4.34. The van der Waals surface area contributed by atoms with Gasteiger partial charge < -0.3 is 5.73 Å². The monoisotopic (exact) mass is 308 g/mol. The predicted octanol–water partition coefficient (Wildman–Crippen LogP) is 1.74. The highest BCUT2D eigenvalue weighted by atomic mass is 35.5. The number of nitrogens with zero attached hydrogens (tertiary/aromatic N) is 5. The molecule has 0 aromatic carbocycles. The van der Waals surface area contributed by atoms with Crippen molar-refractivity contribution < 1.29 is 0 Å². The van der Waals surface area contributed by atoms with Crippen LogP contribution in [0.25, 0.3) is 5.82 Å². The van der Waals surface area contributed by atoms with Gasteiger partial charge in [-0.05, 0) is 32.9 Å². The summed E-state index contributed by atoms with van der Waals surface area (Å²) in [6.45, 7) is 8.21. The molecule has 0 aliphatic carbocycles. The number of rotatable bonds is 2. The quantitative estimate of drug-likeness (QED) is 0.915. The van der Waals surface area contributed by atoms with Gasteiger partial charge in [0.1, 0.15) is 5.82 Å². The van der Waals surface area contributed by atoms with Gasteiger partial charge in [0.15, 0.2) is 5.82 Å². The number of hydrogen-bond acceptors (Lipinski definition) is 5. The molecule has 0 unspecified atom stereocenters. The van der Waals surface area contributed by atoms with Crippen LogP contribution < -0.4 is 5.73 Å². The van der Waals surface area contributed by atoms with Gasteiger partial charge in [-0.15, -0.1) is 17.5 Å². The van der Waals surface area contributed by atoms with Gasteiger partial charge in [0.05, 0.1) is 11.4 Å². The van der Waals surface area contributed by atoms with E-state index in [0.717, 1.165) is 36.5 Å². The lowest BCUT2D eigenvalue weighted by molar-refractivity contribution is 0.203. The molecule has 0 bridgehead atoms. The minimum atomic E-state index is 0. The van der Waals surface area contributed by atoms with Gasteiger partial charge in [0, 0.05) is 31.1 Å². The highest BCUT2D eigenvalue weighted by Crippen LogP contribution is 2.26. The largest absolute Gasteiger partial charge is 0.383 e. The van der Waals surface area contributed by atoms with Crippen molar-refractivity contribution in [3.8, 4) is 5.82 Å². The summed E-state index contributed by atoms with van der Waals surface area (Å²) in [7, 11) is 0. The molecule has 2 aromatic heterocycles. The van der Waals surface area contributed by atoms with E-state index in [-0.39, 0.29) is 12.4 Å². The Morgan fingerprint density at radius 1 is 1.24 bits per heavy atom. The number of nitrogen functional groups attached to an aromatic ring is 1. The van der Waals surface area contributed by atoms with Gasteiger partial charge >= 0.3 is 0 Å². The van der Waals surface area contributed by atoms with Crippen LogP contribution in [0, 0.1) is 6.92 Å².